The van der Waals surface area contributed by atoms with Gasteiger partial charge in [-0.1, -0.05) is 0 Å². The first kappa shape index (κ1) is 12.4. The molecule has 18 heavy (non-hydrogen) atoms. The van der Waals surface area contributed by atoms with E-state index < -0.39 is 0 Å². The highest BCUT2D eigenvalue weighted by molar-refractivity contribution is 5.81. The summed E-state index contributed by atoms with van der Waals surface area (Å²) < 4.78 is 11.7. The average molecular weight is 250 g/mol. The monoisotopic (exact) mass is 250 g/mol. The number of hydrogen-bond donors (Lipinski definition) is 1. The van der Waals surface area contributed by atoms with E-state index in [0.29, 0.717) is 22.4 Å². The van der Waals surface area contributed by atoms with Gasteiger partial charge in [-0.15, -0.1) is 0 Å². The molecule has 0 saturated carbocycles. The van der Waals surface area contributed by atoms with Crippen LogP contribution in [0.15, 0.2) is 23.3 Å². The van der Waals surface area contributed by atoms with Crippen molar-refractivity contribution in [1.29, 1.82) is 0 Å². The Morgan fingerprint density at radius 1 is 1.28 bits per heavy atom. The van der Waals surface area contributed by atoms with Gasteiger partial charge in [-0.3, -0.25) is 9.36 Å². The van der Waals surface area contributed by atoms with Crippen molar-refractivity contribution in [1.82, 2.24) is 9.55 Å². The molecule has 2 rings (SSSR count). The zero-order valence-electron chi connectivity index (χ0n) is 10.2. The molecule has 0 saturated heterocycles. The van der Waals surface area contributed by atoms with Gasteiger partial charge in [-0.25, -0.2) is 4.98 Å². The highest BCUT2D eigenvalue weighted by atomic mass is 16.5. The summed E-state index contributed by atoms with van der Waals surface area (Å²) in [4.78, 5) is 16.3. The molecule has 0 bridgehead atoms. The SMILES string of the molecule is COc1cc2ncn(CCO)c(=O)c2cc1OC. The number of fused-ring (bicyclic) bond motifs is 1. The molecule has 0 aliphatic carbocycles. The van der Waals surface area contributed by atoms with Crippen LogP contribution in [-0.4, -0.2) is 35.5 Å². The molecule has 2 aromatic rings. The van der Waals surface area contributed by atoms with Crippen LogP contribution in [0.1, 0.15) is 0 Å². The maximum atomic E-state index is 12.1. The summed E-state index contributed by atoms with van der Waals surface area (Å²) in [6.07, 6.45) is 1.41. The fourth-order valence-electron chi connectivity index (χ4n) is 1.75. The van der Waals surface area contributed by atoms with Crippen LogP contribution in [0.25, 0.3) is 10.9 Å². The molecule has 0 amide bonds. The van der Waals surface area contributed by atoms with Crippen molar-refractivity contribution < 1.29 is 14.6 Å². The molecule has 1 aromatic heterocycles. The molecule has 0 aliphatic rings. The normalized spacial score (nSPS) is 10.6. The molecule has 0 unspecified atom stereocenters. The van der Waals surface area contributed by atoms with E-state index >= 15 is 0 Å². The van der Waals surface area contributed by atoms with Crippen LogP contribution < -0.4 is 15.0 Å². The molecule has 0 spiro atoms. The minimum Gasteiger partial charge on any atom is -0.493 e. The molecule has 96 valence electrons. The van der Waals surface area contributed by atoms with Crippen LogP contribution in [-0.2, 0) is 6.54 Å². The highest BCUT2D eigenvalue weighted by Gasteiger charge is 2.10. The Labute approximate surface area is 103 Å². The second kappa shape index (κ2) is 5.05. The molecule has 0 fully saturated rings. The molecule has 1 aromatic carbocycles. The molecular weight excluding hydrogens is 236 g/mol. The Hall–Kier alpha value is -2.08. The molecule has 0 aliphatic heterocycles. The second-order valence-electron chi connectivity index (χ2n) is 3.69. The quantitative estimate of drug-likeness (QED) is 0.850. The summed E-state index contributed by atoms with van der Waals surface area (Å²) in [6.45, 7) is 0.108. The van der Waals surface area contributed by atoms with Gasteiger partial charge in [0.15, 0.2) is 11.5 Å². The number of aliphatic hydroxyl groups excluding tert-OH is 1. The Balaban J connectivity index is 2.70. The number of benzene rings is 1. The maximum Gasteiger partial charge on any atom is 0.261 e. The molecule has 6 nitrogen and oxygen atoms in total. The van der Waals surface area contributed by atoms with E-state index in [-0.39, 0.29) is 18.7 Å². The Bertz CT molecular complexity index is 621. The number of aromatic nitrogens is 2. The van der Waals surface area contributed by atoms with Crippen molar-refractivity contribution >= 4 is 10.9 Å². The fourth-order valence-corrected chi connectivity index (χ4v) is 1.75. The minimum absolute atomic E-state index is 0.111. The van der Waals surface area contributed by atoms with Gasteiger partial charge in [0.2, 0.25) is 0 Å². The van der Waals surface area contributed by atoms with Gasteiger partial charge in [-0.2, -0.15) is 0 Å². The van der Waals surface area contributed by atoms with Gasteiger partial charge in [0.05, 0.1) is 44.6 Å². The summed E-state index contributed by atoms with van der Waals surface area (Å²) >= 11 is 0. The van der Waals surface area contributed by atoms with E-state index in [9.17, 15) is 4.79 Å². The van der Waals surface area contributed by atoms with Crippen molar-refractivity contribution in [2.24, 2.45) is 0 Å². The van der Waals surface area contributed by atoms with Gasteiger partial charge < -0.3 is 14.6 Å². The van der Waals surface area contributed by atoms with E-state index in [1.165, 1.54) is 25.1 Å². The van der Waals surface area contributed by atoms with E-state index in [1.54, 1.807) is 12.1 Å². The third-order valence-electron chi connectivity index (χ3n) is 2.67. The summed E-state index contributed by atoms with van der Waals surface area (Å²) in [5.74, 6) is 1.00. The van der Waals surface area contributed by atoms with E-state index in [0.717, 1.165) is 0 Å². The Morgan fingerprint density at radius 2 is 1.94 bits per heavy atom. The first-order chi connectivity index (χ1) is 8.71. The third-order valence-corrected chi connectivity index (χ3v) is 2.67. The van der Waals surface area contributed by atoms with Crippen molar-refractivity contribution in [3.63, 3.8) is 0 Å². The van der Waals surface area contributed by atoms with E-state index in [1.807, 2.05) is 0 Å². The van der Waals surface area contributed by atoms with Gasteiger partial charge >= 0.3 is 0 Å². The molecule has 6 heteroatoms. The van der Waals surface area contributed by atoms with E-state index in [2.05, 4.69) is 4.98 Å². The standard InChI is InChI=1S/C12H14N2O4/c1-17-10-5-8-9(6-11(10)18-2)13-7-14(3-4-15)12(8)16/h5-7,15H,3-4H2,1-2H3. The predicted octanol–water partition coefficient (Wildman–Crippen LogP) is 0.406. The number of aliphatic hydroxyl groups is 1. The summed E-state index contributed by atoms with van der Waals surface area (Å²) in [5.41, 5.74) is 0.321. The third kappa shape index (κ3) is 2.02. The second-order valence-corrected chi connectivity index (χ2v) is 3.69. The first-order valence-corrected chi connectivity index (χ1v) is 5.43. The summed E-state index contributed by atoms with van der Waals surface area (Å²) in [5, 5.41) is 9.30. The van der Waals surface area contributed by atoms with Crippen molar-refractivity contribution in [2.45, 2.75) is 6.54 Å². The fraction of sp³-hybridized carbons (Fsp3) is 0.333. The van der Waals surface area contributed by atoms with Crippen LogP contribution in [0.4, 0.5) is 0 Å². The van der Waals surface area contributed by atoms with Crippen LogP contribution in [0, 0.1) is 0 Å². The van der Waals surface area contributed by atoms with E-state index in [4.69, 9.17) is 14.6 Å². The smallest absolute Gasteiger partial charge is 0.261 e. The number of hydrogen-bond acceptors (Lipinski definition) is 5. The predicted molar refractivity (Wildman–Crippen MR) is 66.2 cm³/mol. The molecule has 1 heterocycles. The first-order valence-electron chi connectivity index (χ1n) is 5.43. The van der Waals surface area contributed by atoms with Crippen LogP contribution in [0.5, 0.6) is 11.5 Å². The lowest BCUT2D eigenvalue weighted by Crippen LogP contribution is -2.22. The lowest BCUT2D eigenvalue weighted by molar-refractivity contribution is 0.274. The average Bonchev–Trinajstić information content (AvgIpc) is 2.41. The Kier molecular flexibility index (Phi) is 3.47. The zero-order chi connectivity index (χ0) is 13.1. The van der Waals surface area contributed by atoms with Gasteiger partial charge in [0, 0.05) is 6.07 Å². The molecular formula is C12H14N2O4. The van der Waals surface area contributed by atoms with Crippen LogP contribution in [0.3, 0.4) is 0 Å². The number of rotatable bonds is 4. The summed E-state index contributed by atoms with van der Waals surface area (Å²) in [6, 6.07) is 3.25. The largest absolute Gasteiger partial charge is 0.493 e. The molecule has 1 N–H and O–H groups in total. The highest BCUT2D eigenvalue weighted by Crippen LogP contribution is 2.29. The Morgan fingerprint density at radius 3 is 2.56 bits per heavy atom. The molecule has 0 radical (unpaired) electrons. The van der Waals surface area contributed by atoms with Gasteiger partial charge in [0.25, 0.3) is 5.56 Å². The van der Waals surface area contributed by atoms with Gasteiger partial charge in [-0.05, 0) is 6.07 Å². The zero-order valence-corrected chi connectivity index (χ0v) is 10.2. The number of nitrogens with zero attached hydrogens (tertiary/aromatic N) is 2. The summed E-state index contributed by atoms with van der Waals surface area (Å²) in [7, 11) is 3.03. The van der Waals surface area contributed by atoms with Crippen molar-refractivity contribution in [3.05, 3.63) is 28.8 Å². The lowest BCUT2D eigenvalue weighted by atomic mass is 10.2. The maximum absolute atomic E-state index is 12.1. The van der Waals surface area contributed by atoms with Crippen molar-refractivity contribution in [3.8, 4) is 11.5 Å². The lowest BCUT2D eigenvalue weighted by Gasteiger charge is -2.09. The van der Waals surface area contributed by atoms with Crippen LogP contribution >= 0.6 is 0 Å². The van der Waals surface area contributed by atoms with Crippen molar-refractivity contribution in [2.75, 3.05) is 20.8 Å². The topological polar surface area (TPSA) is 73.6 Å². The van der Waals surface area contributed by atoms with Gasteiger partial charge in [0.1, 0.15) is 0 Å². The number of methoxy groups -OCH3 is 2. The van der Waals surface area contributed by atoms with Crippen LogP contribution in [0.2, 0.25) is 0 Å². The number of ether oxygens (including phenoxy) is 2. The molecule has 0 atom stereocenters. The minimum atomic E-state index is -0.213.